The molecule has 1 N–H and O–H groups in total. The molecule has 5 atom stereocenters. The number of piperidine rings is 1. The van der Waals surface area contributed by atoms with Crippen LogP contribution in [0.4, 0.5) is 0 Å². The van der Waals surface area contributed by atoms with Crippen LogP contribution in [0.2, 0.25) is 0 Å². The van der Waals surface area contributed by atoms with E-state index in [0.29, 0.717) is 23.5 Å². The molecule has 1 aromatic carbocycles. The van der Waals surface area contributed by atoms with Gasteiger partial charge in [0.05, 0.1) is 19.3 Å². The second-order valence-corrected chi connectivity index (χ2v) is 9.18. The number of likely N-dealkylation sites (N-methyl/N-ethyl adjacent to an activating group) is 1. The van der Waals surface area contributed by atoms with E-state index in [9.17, 15) is 5.11 Å². The largest absolute Gasteiger partial charge is 0.504 e. The maximum atomic E-state index is 11.2. The van der Waals surface area contributed by atoms with E-state index in [1.807, 2.05) is 6.07 Å². The molecule has 5 heteroatoms. The molecule has 0 saturated carbocycles. The summed E-state index contributed by atoms with van der Waals surface area (Å²) < 4.78 is 18.4. The molecule has 2 saturated heterocycles. The second kappa shape index (κ2) is 6.89. The van der Waals surface area contributed by atoms with E-state index < -0.39 is 5.79 Å². The first-order chi connectivity index (χ1) is 13.3. The Morgan fingerprint density at radius 1 is 1.21 bits per heavy atom. The summed E-state index contributed by atoms with van der Waals surface area (Å²) in [5.41, 5.74) is 2.11. The molecule has 3 unspecified atom stereocenters. The van der Waals surface area contributed by atoms with Crippen molar-refractivity contribution in [2.45, 2.75) is 82.8 Å². The Balaban J connectivity index is 1.86. The van der Waals surface area contributed by atoms with Crippen LogP contribution in [0.25, 0.3) is 0 Å². The third-order valence-corrected chi connectivity index (χ3v) is 7.89. The monoisotopic (exact) mass is 389 g/mol. The van der Waals surface area contributed by atoms with Gasteiger partial charge in [0.2, 0.25) is 0 Å². The summed E-state index contributed by atoms with van der Waals surface area (Å²) in [6, 6.07) is 4.50. The van der Waals surface area contributed by atoms with Gasteiger partial charge in [-0.15, -0.1) is 0 Å². The molecular weight excluding hydrogens is 354 g/mol. The van der Waals surface area contributed by atoms with Crippen molar-refractivity contribution in [1.82, 2.24) is 4.90 Å². The van der Waals surface area contributed by atoms with Crippen LogP contribution >= 0.6 is 0 Å². The summed E-state index contributed by atoms with van der Waals surface area (Å²) in [5.74, 6) is 0.652. The lowest BCUT2D eigenvalue weighted by atomic mass is 9.55. The predicted octanol–water partition coefficient (Wildman–Crippen LogP) is 3.86. The molecule has 2 bridgehead atoms. The Kier molecular flexibility index (Phi) is 4.92. The summed E-state index contributed by atoms with van der Waals surface area (Å²) in [5, 5.41) is 11.2. The van der Waals surface area contributed by atoms with E-state index in [4.69, 9.17) is 14.2 Å². The average molecular weight is 390 g/mol. The standard InChI is InChI=1S/C23H35NO4/c1-7-23(27-15(3)16(4)28-23)13-22-10-11-24(5)18(14(22)2)12-17-8-9-19(26-6)21(25)20(17)22/h8-9,14-16,18,25H,7,10-13H2,1-6H3/t14?,15?,16?,18-,22+,23?/m1/s1. The minimum atomic E-state index is -0.600. The van der Waals surface area contributed by atoms with Crippen molar-refractivity contribution in [2.75, 3.05) is 20.7 Å². The molecular formula is C23H35NO4. The van der Waals surface area contributed by atoms with Gasteiger partial charge in [-0.1, -0.05) is 19.9 Å². The predicted molar refractivity (Wildman–Crippen MR) is 109 cm³/mol. The number of benzene rings is 1. The fourth-order valence-corrected chi connectivity index (χ4v) is 6.02. The molecule has 1 aliphatic carbocycles. The van der Waals surface area contributed by atoms with E-state index in [-0.39, 0.29) is 17.6 Å². The minimum Gasteiger partial charge on any atom is -0.504 e. The Labute approximate surface area is 169 Å². The molecule has 2 fully saturated rings. The molecule has 156 valence electrons. The lowest BCUT2D eigenvalue weighted by Crippen LogP contribution is -2.60. The summed E-state index contributed by atoms with van der Waals surface area (Å²) in [4.78, 5) is 2.48. The summed E-state index contributed by atoms with van der Waals surface area (Å²) >= 11 is 0. The number of ether oxygens (including phenoxy) is 3. The third kappa shape index (κ3) is 2.78. The zero-order valence-corrected chi connectivity index (χ0v) is 18.1. The van der Waals surface area contributed by atoms with Crippen LogP contribution in [0.15, 0.2) is 12.1 Å². The van der Waals surface area contributed by atoms with Crippen molar-refractivity contribution in [2.24, 2.45) is 5.92 Å². The van der Waals surface area contributed by atoms with E-state index in [1.165, 1.54) is 5.56 Å². The number of nitrogens with zero attached hydrogens (tertiary/aromatic N) is 1. The fraction of sp³-hybridized carbons (Fsp3) is 0.739. The Morgan fingerprint density at radius 2 is 1.89 bits per heavy atom. The van der Waals surface area contributed by atoms with Crippen molar-refractivity contribution in [3.63, 3.8) is 0 Å². The van der Waals surface area contributed by atoms with Crippen molar-refractivity contribution in [3.8, 4) is 11.5 Å². The molecule has 4 rings (SSSR count). The lowest BCUT2D eigenvalue weighted by Gasteiger charge is -2.57. The number of fused-ring (bicyclic) bond motifs is 4. The quantitative estimate of drug-likeness (QED) is 0.848. The van der Waals surface area contributed by atoms with Gasteiger partial charge in [-0.25, -0.2) is 0 Å². The van der Waals surface area contributed by atoms with Gasteiger partial charge < -0.3 is 24.2 Å². The molecule has 0 spiro atoms. The molecule has 1 aromatic rings. The van der Waals surface area contributed by atoms with E-state index in [0.717, 1.165) is 37.8 Å². The van der Waals surface area contributed by atoms with Crippen LogP contribution in [-0.2, 0) is 21.3 Å². The number of methoxy groups -OCH3 is 1. The van der Waals surface area contributed by atoms with Crippen molar-refractivity contribution >= 4 is 0 Å². The Hall–Kier alpha value is -1.30. The zero-order chi connectivity index (χ0) is 20.3. The van der Waals surface area contributed by atoms with Crippen molar-refractivity contribution < 1.29 is 19.3 Å². The summed E-state index contributed by atoms with van der Waals surface area (Å²) in [7, 11) is 3.85. The molecule has 0 aromatic heterocycles. The first kappa shape index (κ1) is 20.0. The number of hydrogen-bond acceptors (Lipinski definition) is 5. The highest BCUT2D eigenvalue weighted by molar-refractivity contribution is 5.56. The Bertz CT molecular complexity index is 740. The van der Waals surface area contributed by atoms with E-state index in [1.54, 1.807) is 7.11 Å². The number of hydrogen-bond donors (Lipinski definition) is 1. The van der Waals surface area contributed by atoms with Gasteiger partial charge in [0.25, 0.3) is 0 Å². The highest BCUT2D eigenvalue weighted by atomic mass is 16.8. The van der Waals surface area contributed by atoms with Crippen molar-refractivity contribution in [1.29, 1.82) is 0 Å². The van der Waals surface area contributed by atoms with Gasteiger partial charge in [-0.2, -0.15) is 0 Å². The molecule has 0 amide bonds. The van der Waals surface area contributed by atoms with Crippen LogP contribution in [-0.4, -0.2) is 54.7 Å². The number of phenolic OH excluding ortho intramolecular Hbond substituents is 1. The number of phenols is 1. The van der Waals surface area contributed by atoms with Gasteiger partial charge >= 0.3 is 0 Å². The molecule has 2 heterocycles. The van der Waals surface area contributed by atoms with Crippen LogP contribution in [0.1, 0.15) is 58.1 Å². The maximum Gasteiger partial charge on any atom is 0.169 e. The fourth-order valence-electron chi connectivity index (χ4n) is 6.02. The van der Waals surface area contributed by atoms with Gasteiger partial charge in [0.1, 0.15) is 0 Å². The van der Waals surface area contributed by atoms with Gasteiger partial charge in [-0.05, 0) is 64.3 Å². The third-order valence-electron chi connectivity index (χ3n) is 7.89. The molecule has 5 nitrogen and oxygen atoms in total. The normalized spacial score (nSPS) is 40.4. The zero-order valence-electron chi connectivity index (χ0n) is 18.1. The van der Waals surface area contributed by atoms with Gasteiger partial charge in [0, 0.05) is 23.4 Å². The number of rotatable bonds is 4. The highest BCUT2D eigenvalue weighted by Crippen LogP contribution is 2.58. The SMILES string of the molecule is CCC1(C[C@]23CCN(C)[C@H](Cc4ccc(OC)c(O)c42)C3C)OC(C)C(C)O1. The topological polar surface area (TPSA) is 51.2 Å². The smallest absolute Gasteiger partial charge is 0.169 e. The van der Waals surface area contributed by atoms with Crippen LogP contribution < -0.4 is 4.74 Å². The van der Waals surface area contributed by atoms with Gasteiger partial charge in [-0.3, -0.25) is 0 Å². The summed E-state index contributed by atoms with van der Waals surface area (Å²) in [6.45, 7) is 9.68. The number of likely N-dealkylation sites (tertiary alicyclic amines) is 1. The van der Waals surface area contributed by atoms with Crippen LogP contribution in [0.5, 0.6) is 11.5 Å². The lowest BCUT2D eigenvalue weighted by molar-refractivity contribution is -0.199. The second-order valence-electron chi connectivity index (χ2n) is 9.18. The van der Waals surface area contributed by atoms with Crippen LogP contribution in [0.3, 0.4) is 0 Å². The molecule has 3 aliphatic rings. The summed E-state index contributed by atoms with van der Waals surface area (Å²) in [6.07, 6.45) is 3.67. The van der Waals surface area contributed by atoms with Crippen LogP contribution in [0, 0.1) is 5.92 Å². The first-order valence-electron chi connectivity index (χ1n) is 10.7. The highest BCUT2D eigenvalue weighted by Gasteiger charge is 2.57. The van der Waals surface area contributed by atoms with Gasteiger partial charge in [0.15, 0.2) is 17.3 Å². The first-order valence-corrected chi connectivity index (χ1v) is 10.7. The maximum absolute atomic E-state index is 11.2. The molecule has 28 heavy (non-hydrogen) atoms. The van der Waals surface area contributed by atoms with E-state index in [2.05, 4.69) is 45.7 Å². The molecule has 2 aliphatic heterocycles. The average Bonchev–Trinajstić information content (AvgIpc) is 2.95. The minimum absolute atomic E-state index is 0.0793. The number of aromatic hydroxyl groups is 1. The Morgan fingerprint density at radius 3 is 2.50 bits per heavy atom. The van der Waals surface area contributed by atoms with Crippen molar-refractivity contribution in [3.05, 3.63) is 23.3 Å². The molecule has 0 radical (unpaired) electrons. The van der Waals surface area contributed by atoms with E-state index >= 15 is 0 Å².